The third-order valence-corrected chi connectivity index (χ3v) is 3.17. The first-order valence-corrected chi connectivity index (χ1v) is 6.26. The number of aromatic hydroxyl groups is 1. The number of hydrogen-bond donors (Lipinski definition) is 2. The van der Waals surface area contributed by atoms with Crippen LogP contribution in [0.2, 0.25) is 0 Å². The van der Waals surface area contributed by atoms with E-state index in [1.165, 1.54) is 12.3 Å². The van der Waals surface area contributed by atoms with Gasteiger partial charge in [0.1, 0.15) is 0 Å². The Hall–Kier alpha value is -2.37. The molecule has 98 valence electrons. The van der Waals surface area contributed by atoms with E-state index in [2.05, 4.69) is 15.4 Å². The smallest absolute Gasteiger partial charge is 0.277 e. The van der Waals surface area contributed by atoms with Crippen LogP contribution in [0, 0.1) is 0 Å². The Morgan fingerprint density at radius 3 is 3.11 bits per heavy atom. The van der Waals surface area contributed by atoms with Crippen molar-refractivity contribution >= 4 is 11.7 Å². The van der Waals surface area contributed by atoms with Gasteiger partial charge in [-0.3, -0.25) is 9.48 Å². The summed E-state index contributed by atoms with van der Waals surface area (Å²) in [5.74, 6) is -0.255. The average Bonchev–Trinajstić information content (AvgIpc) is 2.85. The van der Waals surface area contributed by atoms with Crippen molar-refractivity contribution in [1.29, 1.82) is 0 Å². The molecule has 2 aromatic heterocycles. The Labute approximate surface area is 110 Å². The predicted molar refractivity (Wildman–Crippen MR) is 69.0 cm³/mol. The van der Waals surface area contributed by atoms with E-state index in [0.29, 0.717) is 5.69 Å². The van der Waals surface area contributed by atoms with Crippen molar-refractivity contribution in [2.75, 3.05) is 5.32 Å². The van der Waals surface area contributed by atoms with Gasteiger partial charge in [0.15, 0.2) is 17.3 Å². The normalized spacial score (nSPS) is 13.9. The van der Waals surface area contributed by atoms with E-state index in [9.17, 15) is 9.90 Å². The zero-order valence-corrected chi connectivity index (χ0v) is 10.3. The summed E-state index contributed by atoms with van der Waals surface area (Å²) in [6.45, 7) is 0.859. The van der Waals surface area contributed by atoms with Crippen LogP contribution in [0.25, 0.3) is 0 Å². The molecule has 0 fully saturated rings. The van der Waals surface area contributed by atoms with Gasteiger partial charge in [0.05, 0.1) is 0 Å². The number of nitrogens with zero attached hydrogens (tertiary/aromatic N) is 3. The van der Waals surface area contributed by atoms with Crippen LogP contribution < -0.4 is 5.32 Å². The van der Waals surface area contributed by atoms with Gasteiger partial charge in [-0.15, -0.1) is 0 Å². The zero-order valence-electron chi connectivity index (χ0n) is 10.3. The van der Waals surface area contributed by atoms with Crippen LogP contribution in [-0.2, 0) is 13.0 Å². The van der Waals surface area contributed by atoms with Crippen molar-refractivity contribution in [2.45, 2.75) is 25.8 Å². The quantitative estimate of drug-likeness (QED) is 0.856. The molecule has 0 saturated carbocycles. The molecule has 1 aliphatic rings. The predicted octanol–water partition coefficient (Wildman–Crippen LogP) is 1.57. The molecule has 3 heterocycles. The fourth-order valence-corrected chi connectivity index (χ4v) is 2.19. The van der Waals surface area contributed by atoms with Crippen molar-refractivity contribution < 1.29 is 9.90 Å². The lowest BCUT2D eigenvalue weighted by Crippen LogP contribution is -2.15. The minimum atomic E-state index is -0.351. The molecule has 2 N–H and O–H groups in total. The maximum atomic E-state index is 12.0. The first-order chi connectivity index (χ1) is 9.24. The Morgan fingerprint density at radius 1 is 1.42 bits per heavy atom. The molecule has 2 aromatic rings. The number of carbonyl (C=O) groups is 1. The minimum absolute atomic E-state index is 0.0557. The van der Waals surface area contributed by atoms with E-state index < -0.39 is 0 Å². The van der Waals surface area contributed by atoms with Crippen LogP contribution in [0.3, 0.4) is 0 Å². The monoisotopic (exact) mass is 258 g/mol. The molecule has 0 aromatic carbocycles. The van der Waals surface area contributed by atoms with Gasteiger partial charge >= 0.3 is 0 Å². The summed E-state index contributed by atoms with van der Waals surface area (Å²) >= 11 is 0. The van der Waals surface area contributed by atoms with Crippen LogP contribution in [0.5, 0.6) is 5.75 Å². The number of rotatable bonds is 2. The molecule has 0 radical (unpaired) electrons. The minimum Gasteiger partial charge on any atom is -0.504 e. The summed E-state index contributed by atoms with van der Waals surface area (Å²) in [5, 5.41) is 16.4. The van der Waals surface area contributed by atoms with E-state index in [4.69, 9.17) is 0 Å². The van der Waals surface area contributed by atoms with Crippen LogP contribution in [-0.4, -0.2) is 25.8 Å². The van der Waals surface area contributed by atoms with Gasteiger partial charge in [-0.1, -0.05) is 0 Å². The van der Waals surface area contributed by atoms with Gasteiger partial charge in [-0.05, 0) is 37.5 Å². The molecule has 1 aliphatic heterocycles. The highest BCUT2D eigenvalue weighted by molar-refractivity contribution is 6.03. The molecule has 0 aliphatic carbocycles. The number of hydrogen-bond acceptors (Lipinski definition) is 4. The summed E-state index contributed by atoms with van der Waals surface area (Å²) in [7, 11) is 0. The lowest BCUT2D eigenvalue weighted by atomic mass is 10.1. The number of anilines is 1. The number of nitrogens with one attached hydrogen (secondary N) is 1. The first-order valence-electron chi connectivity index (χ1n) is 6.26. The second kappa shape index (κ2) is 4.72. The van der Waals surface area contributed by atoms with Crippen molar-refractivity contribution in [2.24, 2.45) is 0 Å². The molecule has 6 heteroatoms. The molecular formula is C13H14N4O2. The molecule has 0 unspecified atom stereocenters. The summed E-state index contributed by atoms with van der Waals surface area (Å²) < 4.78 is 1.87. The highest BCUT2D eigenvalue weighted by atomic mass is 16.3. The highest BCUT2D eigenvalue weighted by Gasteiger charge is 2.17. The van der Waals surface area contributed by atoms with Crippen molar-refractivity contribution in [1.82, 2.24) is 14.8 Å². The highest BCUT2D eigenvalue weighted by Crippen LogP contribution is 2.20. The van der Waals surface area contributed by atoms with Crippen LogP contribution in [0.1, 0.15) is 29.0 Å². The second-order valence-corrected chi connectivity index (χ2v) is 4.53. The molecular weight excluding hydrogens is 244 g/mol. The van der Waals surface area contributed by atoms with Gasteiger partial charge in [-0.2, -0.15) is 5.10 Å². The average molecular weight is 258 g/mol. The third kappa shape index (κ3) is 2.29. The molecule has 6 nitrogen and oxygen atoms in total. The second-order valence-electron chi connectivity index (χ2n) is 4.53. The molecule has 3 rings (SSSR count). The van der Waals surface area contributed by atoms with E-state index in [1.54, 1.807) is 12.1 Å². The van der Waals surface area contributed by atoms with Gasteiger partial charge in [0.2, 0.25) is 0 Å². The molecule has 19 heavy (non-hydrogen) atoms. The largest absolute Gasteiger partial charge is 0.504 e. The maximum Gasteiger partial charge on any atom is 0.277 e. The van der Waals surface area contributed by atoms with E-state index in [0.717, 1.165) is 31.5 Å². The Bertz CT molecular complexity index is 597. The molecule has 0 spiro atoms. The molecule has 0 bridgehead atoms. The van der Waals surface area contributed by atoms with Crippen molar-refractivity contribution in [3.8, 4) is 5.75 Å². The van der Waals surface area contributed by atoms with Crippen LogP contribution in [0.15, 0.2) is 24.4 Å². The summed E-state index contributed by atoms with van der Waals surface area (Å²) in [6.07, 6.45) is 4.69. The summed E-state index contributed by atoms with van der Waals surface area (Å²) in [4.78, 5) is 16.0. The number of carbonyl (C=O) groups excluding carboxylic acids is 1. The van der Waals surface area contributed by atoms with Crippen LogP contribution in [0.4, 0.5) is 5.82 Å². The standard InChI is InChI=1S/C13H14N4O2/c18-11-5-3-6-14-12(11)15-13(19)10-8-9-4-1-2-7-17(9)16-10/h3,5-6,8,18H,1-2,4,7H2,(H,14,15,19). The molecule has 0 saturated heterocycles. The van der Waals surface area contributed by atoms with E-state index >= 15 is 0 Å². The third-order valence-electron chi connectivity index (χ3n) is 3.17. The Balaban J connectivity index is 1.81. The van der Waals surface area contributed by atoms with Crippen molar-refractivity contribution in [3.63, 3.8) is 0 Å². The van der Waals surface area contributed by atoms with Crippen molar-refractivity contribution in [3.05, 3.63) is 35.8 Å². The number of pyridine rings is 1. The number of aromatic nitrogens is 3. The van der Waals surface area contributed by atoms with E-state index in [1.807, 2.05) is 4.68 Å². The topological polar surface area (TPSA) is 80.0 Å². The number of aryl methyl sites for hydroxylation is 2. The summed E-state index contributed by atoms with van der Waals surface area (Å²) in [6, 6.07) is 4.87. The zero-order chi connectivity index (χ0) is 13.2. The molecule has 0 atom stereocenters. The number of fused-ring (bicyclic) bond motifs is 1. The fourth-order valence-electron chi connectivity index (χ4n) is 2.19. The first kappa shape index (κ1) is 11.7. The Morgan fingerprint density at radius 2 is 2.32 bits per heavy atom. The van der Waals surface area contributed by atoms with Gasteiger partial charge < -0.3 is 10.4 Å². The summed E-state index contributed by atoms with van der Waals surface area (Å²) in [5.41, 5.74) is 1.45. The van der Waals surface area contributed by atoms with E-state index in [-0.39, 0.29) is 17.5 Å². The fraction of sp³-hybridized carbons (Fsp3) is 0.308. The SMILES string of the molecule is O=C(Nc1ncccc1O)c1cc2n(n1)CCCC2. The van der Waals surface area contributed by atoms with Gasteiger partial charge in [-0.25, -0.2) is 4.98 Å². The lowest BCUT2D eigenvalue weighted by molar-refractivity contribution is 0.102. The van der Waals surface area contributed by atoms with Crippen LogP contribution >= 0.6 is 0 Å². The van der Waals surface area contributed by atoms with Gasteiger partial charge in [0, 0.05) is 18.4 Å². The molecule has 1 amide bonds. The lowest BCUT2D eigenvalue weighted by Gasteiger charge is -2.11. The number of amides is 1. The van der Waals surface area contributed by atoms with Gasteiger partial charge in [0.25, 0.3) is 5.91 Å². The Kier molecular flexibility index (Phi) is 2.91. The maximum absolute atomic E-state index is 12.0.